The van der Waals surface area contributed by atoms with Gasteiger partial charge >= 0.3 is 0 Å². The van der Waals surface area contributed by atoms with Gasteiger partial charge in [-0.25, -0.2) is 0 Å². The summed E-state index contributed by atoms with van der Waals surface area (Å²) in [4.78, 5) is 0. The Morgan fingerprint density at radius 2 is 1.43 bits per heavy atom. The van der Waals surface area contributed by atoms with Gasteiger partial charge in [0.15, 0.2) is 0 Å². The molecule has 0 spiro atoms. The molecule has 1 heteroatoms. The van der Waals surface area contributed by atoms with Crippen molar-refractivity contribution in [1.82, 2.24) is 5.32 Å². The molecule has 3 atom stereocenters. The Labute approximate surface area is 90.7 Å². The van der Waals surface area contributed by atoms with Crippen LogP contribution in [0.4, 0.5) is 0 Å². The Hall–Kier alpha value is -0.0400. The molecule has 0 aromatic heterocycles. The van der Waals surface area contributed by atoms with Crippen LogP contribution in [0, 0.1) is 17.8 Å². The average Bonchev–Trinajstić information content (AvgIpc) is 2.12. The van der Waals surface area contributed by atoms with Gasteiger partial charge in [-0.3, -0.25) is 0 Å². The molecule has 0 aromatic carbocycles. The molecule has 0 aliphatic rings. The summed E-state index contributed by atoms with van der Waals surface area (Å²) in [5.74, 6) is 2.54. The van der Waals surface area contributed by atoms with Gasteiger partial charge in [0.25, 0.3) is 0 Å². The number of nitrogens with one attached hydrogen (secondary N) is 1. The first-order valence-corrected chi connectivity index (χ1v) is 6.18. The Bertz CT molecular complexity index is 127. The topological polar surface area (TPSA) is 12.0 Å². The van der Waals surface area contributed by atoms with Crippen LogP contribution in [0.3, 0.4) is 0 Å². The molecule has 86 valence electrons. The maximum Gasteiger partial charge on any atom is 0.00640 e. The summed E-state index contributed by atoms with van der Waals surface area (Å²) in [5, 5.41) is 3.39. The number of hydrogen-bond donors (Lipinski definition) is 1. The zero-order chi connectivity index (χ0) is 11.1. The maximum absolute atomic E-state index is 3.39. The zero-order valence-electron chi connectivity index (χ0n) is 10.9. The third-order valence-electron chi connectivity index (χ3n) is 3.37. The normalized spacial score (nSPS) is 18.2. The quantitative estimate of drug-likeness (QED) is 0.659. The van der Waals surface area contributed by atoms with E-state index < -0.39 is 0 Å². The van der Waals surface area contributed by atoms with Gasteiger partial charge in [-0.1, -0.05) is 34.6 Å². The van der Waals surface area contributed by atoms with Crippen molar-refractivity contribution in [3.05, 3.63) is 0 Å². The lowest BCUT2D eigenvalue weighted by Gasteiger charge is -2.25. The highest BCUT2D eigenvalue weighted by Crippen LogP contribution is 2.24. The highest BCUT2D eigenvalue weighted by Gasteiger charge is 2.16. The molecule has 0 heterocycles. The van der Waals surface area contributed by atoms with Crippen molar-refractivity contribution >= 4 is 0 Å². The second-order valence-corrected chi connectivity index (χ2v) is 5.21. The van der Waals surface area contributed by atoms with Crippen LogP contribution in [0.15, 0.2) is 0 Å². The van der Waals surface area contributed by atoms with Crippen LogP contribution < -0.4 is 5.32 Å². The fourth-order valence-corrected chi connectivity index (χ4v) is 2.15. The monoisotopic (exact) mass is 199 g/mol. The third kappa shape index (κ3) is 5.64. The van der Waals surface area contributed by atoms with Crippen molar-refractivity contribution in [3.8, 4) is 0 Å². The minimum Gasteiger partial charge on any atom is -0.317 e. The van der Waals surface area contributed by atoms with E-state index in [-0.39, 0.29) is 0 Å². The van der Waals surface area contributed by atoms with Crippen LogP contribution in [0.1, 0.15) is 53.9 Å². The fraction of sp³-hybridized carbons (Fsp3) is 1.00. The van der Waals surface area contributed by atoms with Crippen LogP contribution in [0.5, 0.6) is 0 Å². The highest BCUT2D eigenvalue weighted by atomic mass is 14.9. The first-order chi connectivity index (χ1) is 6.51. The Morgan fingerprint density at radius 3 is 1.79 bits per heavy atom. The summed E-state index contributed by atoms with van der Waals surface area (Å²) >= 11 is 0. The summed E-state index contributed by atoms with van der Waals surface area (Å²) in [6.07, 6.45) is 3.93. The molecule has 0 saturated carbocycles. The molecule has 1 nitrogen and oxygen atoms in total. The second-order valence-electron chi connectivity index (χ2n) is 5.21. The molecule has 0 aromatic rings. The molecule has 3 unspecified atom stereocenters. The lowest BCUT2D eigenvalue weighted by molar-refractivity contribution is 0.279. The third-order valence-corrected chi connectivity index (χ3v) is 3.37. The van der Waals surface area contributed by atoms with E-state index in [2.05, 4.69) is 47.0 Å². The Morgan fingerprint density at radius 1 is 0.929 bits per heavy atom. The van der Waals surface area contributed by atoms with Crippen LogP contribution in [0.2, 0.25) is 0 Å². The van der Waals surface area contributed by atoms with Crippen molar-refractivity contribution in [2.45, 2.75) is 59.9 Å². The van der Waals surface area contributed by atoms with E-state index in [1.807, 2.05) is 0 Å². The van der Waals surface area contributed by atoms with Crippen LogP contribution in [-0.4, -0.2) is 13.1 Å². The van der Waals surface area contributed by atoms with Gasteiger partial charge in [-0.2, -0.15) is 0 Å². The number of hydrogen-bond acceptors (Lipinski definition) is 1. The summed E-state index contributed by atoms with van der Waals surface area (Å²) in [6, 6.07) is 0.708. The van der Waals surface area contributed by atoms with Crippen molar-refractivity contribution in [2.24, 2.45) is 17.8 Å². The summed E-state index contributed by atoms with van der Waals surface area (Å²) in [6.45, 7) is 11.7. The van der Waals surface area contributed by atoms with E-state index in [1.165, 1.54) is 19.3 Å². The van der Waals surface area contributed by atoms with Crippen molar-refractivity contribution < 1.29 is 0 Å². The van der Waals surface area contributed by atoms with Crippen LogP contribution >= 0.6 is 0 Å². The van der Waals surface area contributed by atoms with Gasteiger partial charge in [0, 0.05) is 6.04 Å². The molecule has 0 aliphatic carbocycles. The molecule has 0 amide bonds. The van der Waals surface area contributed by atoms with E-state index in [1.54, 1.807) is 0 Å². The zero-order valence-corrected chi connectivity index (χ0v) is 10.9. The van der Waals surface area contributed by atoms with Gasteiger partial charge in [0.1, 0.15) is 0 Å². The first-order valence-electron chi connectivity index (χ1n) is 6.18. The second kappa shape index (κ2) is 7.28. The van der Waals surface area contributed by atoms with Crippen LogP contribution in [-0.2, 0) is 0 Å². The minimum absolute atomic E-state index is 0.708. The molecule has 0 fully saturated rings. The molecular weight excluding hydrogens is 170 g/mol. The predicted octanol–water partition coefficient (Wildman–Crippen LogP) is 3.69. The lowest BCUT2D eigenvalue weighted by Crippen LogP contribution is -2.28. The molecule has 0 rings (SSSR count). The maximum atomic E-state index is 3.39. The molecule has 0 aliphatic heterocycles. The summed E-state index contributed by atoms with van der Waals surface area (Å²) in [7, 11) is 2.08. The predicted molar refractivity (Wildman–Crippen MR) is 65.5 cm³/mol. The standard InChI is InChI=1S/C13H29N/c1-7-13(14-6)9-12(5)11(4)8-10(2)3/h10-14H,7-9H2,1-6H3. The van der Waals surface area contributed by atoms with Crippen LogP contribution in [0.25, 0.3) is 0 Å². The van der Waals surface area contributed by atoms with Gasteiger partial charge in [-0.15, -0.1) is 0 Å². The molecule has 14 heavy (non-hydrogen) atoms. The van der Waals surface area contributed by atoms with Crippen molar-refractivity contribution in [2.75, 3.05) is 7.05 Å². The highest BCUT2D eigenvalue weighted by molar-refractivity contribution is 4.71. The largest absolute Gasteiger partial charge is 0.317 e. The minimum atomic E-state index is 0.708. The average molecular weight is 199 g/mol. The van der Waals surface area contributed by atoms with E-state index >= 15 is 0 Å². The SMILES string of the molecule is CCC(CC(C)C(C)CC(C)C)NC. The van der Waals surface area contributed by atoms with Gasteiger partial charge in [0.2, 0.25) is 0 Å². The van der Waals surface area contributed by atoms with Gasteiger partial charge < -0.3 is 5.32 Å². The molecular formula is C13H29N. The Kier molecular flexibility index (Phi) is 7.26. The Balaban J connectivity index is 3.86. The summed E-state index contributed by atoms with van der Waals surface area (Å²) < 4.78 is 0. The molecule has 0 bridgehead atoms. The van der Waals surface area contributed by atoms with Gasteiger partial charge in [-0.05, 0) is 44.1 Å². The fourth-order valence-electron chi connectivity index (χ4n) is 2.15. The van der Waals surface area contributed by atoms with E-state index in [4.69, 9.17) is 0 Å². The summed E-state index contributed by atoms with van der Waals surface area (Å²) in [5.41, 5.74) is 0. The molecule has 1 N–H and O–H groups in total. The van der Waals surface area contributed by atoms with Crippen molar-refractivity contribution in [3.63, 3.8) is 0 Å². The smallest absolute Gasteiger partial charge is 0.00640 e. The van der Waals surface area contributed by atoms with Gasteiger partial charge in [0.05, 0.1) is 0 Å². The van der Waals surface area contributed by atoms with E-state index in [0.717, 1.165) is 17.8 Å². The molecule has 0 radical (unpaired) electrons. The van der Waals surface area contributed by atoms with Crippen molar-refractivity contribution in [1.29, 1.82) is 0 Å². The molecule has 0 saturated heterocycles. The van der Waals surface area contributed by atoms with E-state index in [9.17, 15) is 0 Å². The lowest BCUT2D eigenvalue weighted by atomic mass is 9.84. The number of rotatable bonds is 7. The first kappa shape index (κ1) is 14.0. The van der Waals surface area contributed by atoms with E-state index in [0.29, 0.717) is 6.04 Å².